The Morgan fingerprint density at radius 2 is 1.89 bits per heavy atom. The number of nitrogens with one attached hydrogen (secondary N) is 1. The summed E-state index contributed by atoms with van der Waals surface area (Å²) in [5, 5.41) is 3.29. The van der Waals surface area contributed by atoms with Crippen molar-refractivity contribution < 1.29 is 9.53 Å². The van der Waals surface area contributed by atoms with Crippen molar-refractivity contribution >= 4 is 5.91 Å². The molecule has 2 aliphatic carbocycles. The number of fused-ring (bicyclic) bond motifs is 1. The Morgan fingerprint density at radius 3 is 2.63 bits per heavy atom. The van der Waals surface area contributed by atoms with Crippen molar-refractivity contribution in [2.45, 2.75) is 50.7 Å². The van der Waals surface area contributed by atoms with E-state index in [1.54, 1.807) is 7.11 Å². The largest absolute Gasteiger partial charge is 0.497 e. The van der Waals surface area contributed by atoms with E-state index in [2.05, 4.69) is 46.6 Å². The molecule has 4 nitrogen and oxygen atoms in total. The van der Waals surface area contributed by atoms with Gasteiger partial charge in [-0.05, 0) is 60.9 Å². The van der Waals surface area contributed by atoms with Crippen molar-refractivity contribution in [2.24, 2.45) is 0 Å². The number of benzene rings is 2. The van der Waals surface area contributed by atoms with Crippen LogP contribution in [0, 0.1) is 0 Å². The number of hydrogen-bond donors (Lipinski definition) is 1. The lowest BCUT2D eigenvalue weighted by Gasteiger charge is -2.28. The van der Waals surface area contributed by atoms with Crippen LogP contribution >= 0.6 is 0 Å². The van der Waals surface area contributed by atoms with Gasteiger partial charge in [0.2, 0.25) is 5.91 Å². The first kappa shape index (κ1) is 18.1. The fourth-order valence-corrected chi connectivity index (χ4v) is 4.05. The van der Waals surface area contributed by atoms with Crippen molar-refractivity contribution in [2.75, 3.05) is 13.7 Å². The normalized spacial score (nSPS) is 18.8. The second kappa shape index (κ2) is 8.13. The molecule has 2 aromatic rings. The van der Waals surface area contributed by atoms with Crippen LogP contribution in [0.1, 0.15) is 48.4 Å². The van der Waals surface area contributed by atoms with Gasteiger partial charge in [-0.15, -0.1) is 0 Å². The van der Waals surface area contributed by atoms with Gasteiger partial charge in [-0.3, -0.25) is 9.69 Å². The van der Waals surface area contributed by atoms with Crippen LogP contribution < -0.4 is 10.1 Å². The number of ether oxygens (including phenoxy) is 1. The maximum atomic E-state index is 12.8. The van der Waals surface area contributed by atoms with Crippen molar-refractivity contribution in [3.8, 4) is 5.75 Å². The number of carbonyl (C=O) groups excluding carboxylic acids is 1. The molecular formula is C23H28N2O2. The predicted molar refractivity (Wildman–Crippen MR) is 107 cm³/mol. The highest BCUT2D eigenvalue weighted by Gasteiger charge is 2.31. The number of amides is 1. The number of hydrogen-bond acceptors (Lipinski definition) is 3. The van der Waals surface area contributed by atoms with E-state index < -0.39 is 0 Å². The zero-order chi connectivity index (χ0) is 18.6. The Balaban J connectivity index is 1.38. The molecule has 0 unspecified atom stereocenters. The predicted octanol–water partition coefficient (Wildman–Crippen LogP) is 3.85. The molecule has 1 atom stereocenters. The summed E-state index contributed by atoms with van der Waals surface area (Å²) in [6.45, 7) is 1.28. The van der Waals surface area contributed by atoms with Crippen molar-refractivity contribution in [3.63, 3.8) is 0 Å². The van der Waals surface area contributed by atoms with E-state index in [1.807, 2.05) is 12.1 Å². The van der Waals surface area contributed by atoms with Gasteiger partial charge in [0.1, 0.15) is 5.75 Å². The van der Waals surface area contributed by atoms with E-state index in [0.29, 0.717) is 12.6 Å². The van der Waals surface area contributed by atoms with E-state index >= 15 is 0 Å². The van der Waals surface area contributed by atoms with Gasteiger partial charge in [-0.2, -0.15) is 0 Å². The van der Waals surface area contributed by atoms with Gasteiger partial charge in [-0.1, -0.05) is 36.4 Å². The first-order valence-electron chi connectivity index (χ1n) is 9.97. The third kappa shape index (κ3) is 4.51. The Kier molecular flexibility index (Phi) is 5.44. The fourth-order valence-electron chi connectivity index (χ4n) is 4.05. The van der Waals surface area contributed by atoms with Crippen LogP contribution in [-0.2, 0) is 17.8 Å². The summed E-state index contributed by atoms with van der Waals surface area (Å²) in [5.41, 5.74) is 3.90. The summed E-state index contributed by atoms with van der Waals surface area (Å²) in [6, 6.07) is 17.4. The fraction of sp³-hybridized carbons (Fsp3) is 0.435. The lowest BCUT2D eigenvalue weighted by atomic mass is 9.88. The van der Waals surface area contributed by atoms with E-state index in [-0.39, 0.29) is 11.9 Å². The van der Waals surface area contributed by atoms with Gasteiger partial charge in [0.15, 0.2) is 0 Å². The highest BCUT2D eigenvalue weighted by Crippen LogP contribution is 2.31. The third-order valence-corrected chi connectivity index (χ3v) is 5.66. The summed E-state index contributed by atoms with van der Waals surface area (Å²) in [6.07, 6.45) is 5.67. The molecule has 27 heavy (non-hydrogen) atoms. The molecular weight excluding hydrogens is 336 g/mol. The van der Waals surface area contributed by atoms with E-state index in [1.165, 1.54) is 29.5 Å². The minimum Gasteiger partial charge on any atom is -0.497 e. The summed E-state index contributed by atoms with van der Waals surface area (Å²) in [7, 11) is 1.68. The molecule has 4 rings (SSSR count). The van der Waals surface area contributed by atoms with Crippen LogP contribution in [-0.4, -0.2) is 30.5 Å². The van der Waals surface area contributed by atoms with Crippen molar-refractivity contribution in [3.05, 3.63) is 65.2 Å². The first-order valence-corrected chi connectivity index (χ1v) is 9.97. The van der Waals surface area contributed by atoms with Crippen LogP contribution in [0.25, 0.3) is 0 Å². The number of rotatable bonds is 7. The summed E-state index contributed by atoms with van der Waals surface area (Å²) >= 11 is 0. The van der Waals surface area contributed by atoms with Crippen molar-refractivity contribution in [1.29, 1.82) is 0 Å². The summed E-state index contributed by atoms with van der Waals surface area (Å²) < 4.78 is 5.23. The lowest BCUT2D eigenvalue weighted by Crippen LogP contribution is -2.40. The first-order chi connectivity index (χ1) is 13.2. The number of nitrogens with zero attached hydrogens (tertiary/aromatic N) is 1. The second-order valence-corrected chi connectivity index (χ2v) is 7.70. The summed E-state index contributed by atoms with van der Waals surface area (Å²) in [5.74, 6) is 1.00. The molecule has 0 aliphatic heterocycles. The molecule has 1 fully saturated rings. The standard InChI is InChI=1S/C23H28N2O2/c1-27-20-13-9-17(10-14-20)15-25(19-11-12-19)16-23(26)24-22-8-4-6-18-5-2-3-7-21(18)22/h2-3,5,7,9-10,13-14,19,22H,4,6,8,11-12,15-16H2,1H3,(H,24,26)/t22-/m0/s1. The molecule has 0 bridgehead atoms. The topological polar surface area (TPSA) is 41.6 Å². The van der Waals surface area contributed by atoms with Gasteiger partial charge in [-0.25, -0.2) is 0 Å². The Bertz CT molecular complexity index is 783. The van der Waals surface area contributed by atoms with Gasteiger partial charge in [0, 0.05) is 12.6 Å². The molecule has 2 aliphatic rings. The van der Waals surface area contributed by atoms with E-state index in [0.717, 1.165) is 31.6 Å². The molecule has 0 radical (unpaired) electrons. The van der Waals surface area contributed by atoms with E-state index in [9.17, 15) is 4.79 Å². The molecule has 1 N–H and O–H groups in total. The van der Waals surface area contributed by atoms with Gasteiger partial charge in [0.05, 0.1) is 19.7 Å². The molecule has 142 valence electrons. The second-order valence-electron chi connectivity index (χ2n) is 7.70. The van der Waals surface area contributed by atoms with Gasteiger partial charge < -0.3 is 10.1 Å². The third-order valence-electron chi connectivity index (χ3n) is 5.66. The van der Waals surface area contributed by atoms with Crippen LogP contribution in [0.5, 0.6) is 5.75 Å². The number of aryl methyl sites for hydroxylation is 1. The highest BCUT2D eigenvalue weighted by atomic mass is 16.5. The molecule has 1 amide bonds. The number of carbonyl (C=O) groups is 1. The Hall–Kier alpha value is -2.33. The van der Waals surface area contributed by atoms with E-state index in [4.69, 9.17) is 4.74 Å². The van der Waals surface area contributed by atoms with Crippen LogP contribution in [0.3, 0.4) is 0 Å². The SMILES string of the molecule is COc1ccc(CN(CC(=O)N[C@H]2CCCc3ccccc32)C2CC2)cc1. The van der Waals surface area contributed by atoms with Crippen LogP contribution in [0.2, 0.25) is 0 Å². The van der Waals surface area contributed by atoms with Gasteiger partial charge >= 0.3 is 0 Å². The molecule has 0 heterocycles. The quantitative estimate of drug-likeness (QED) is 0.811. The molecule has 1 saturated carbocycles. The zero-order valence-electron chi connectivity index (χ0n) is 16.0. The van der Waals surface area contributed by atoms with Crippen molar-refractivity contribution in [1.82, 2.24) is 10.2 Å². The molecule has 0 spiro atoms. The minimum absolute atomic E-state index is 0.136. The maximum Gasteiger partial charge on any atom is 0.234 e. The molecule has 0 saturated heterocycles. The minimum atomic E-state index is 0.136. The average Bonchev–Trinajstić information content (AvgIpc) is 3.54. The van der Waals surface area contributed by atoms with Crippen LogP contribution in [0.15, 0.2) is 48.5 Å². The summed E-state index contributed by atoms with van der Waals surface area (Å²) in [4.78, 5) is 15.1. The Morgan fingerprint density at radius 1 is 1.11 bits per heavy atom. The van der Waals surface area contributed by atoms with Crippen LogP contribution in [0.4, 0.5) is 0 Å². The molecule has 0 aromatic heterocycles. The highest BCUT2D eigenvalue weighted by molar-refractivity contribution is 5.78. The Labute approximate surface area is 161 Å². The average molecular weight is 364 g/mol. The number of methoxy groups -OCH3 is 1. The molecule has 4 heteroatoms. The molecule has 2 aromatic carbocycles. The maximum absolute atomic E-state index is 12.8. The zero-order valence-corrected chi connectivity index (χ0v) is 16.0. The lowest BCUT2D eigenvalue weighted by molar-refractivity contribution is -0.123. The monoisotopic (exact) mass is 364 g/mol. The van der Waals surface area contributed by atoms with Gasteiger partial charge in [0.25, 0.3) is 0 Å². The smallest absolute Gasteiger partial charge is 0.234 e.